The van der Waals surface area contributed by atoms with Crippen molar-refractivity contribution in [3.8, 4) is 5.75 Å². The first-order valence-corrected chi connectivity index (χ1v) is 13.6. The van der Waals surface area contributed by atoms with Crippen LogP contribution in [0.1, 0.15) is 54.9 Å². The molecule has 6 nitrogen and oxygen atoms in total. The molecule has 1 saturated heterocycles. The number of hydrogen-bond donors (Lipinski definition) is 3. The summed E-state index contributed by atoms with van der Waals surface area (Å²) in [6.45, 7) is 5.49. The molecule has 3 fully saturated rings. The molecule has 2 aromatic rings. The average molecular weight is 485 g/mol. The van der Waals surface area contributed by atoms with Crippen LogP contribution in [0.25, 0.3) is 6.08 Å². The number of hydrogen-bond acceptors (Lipinski definition) is 5. The highest BCUT2D eigenvalue weighted by Gasteiger charge is 2.67. The number of ether oxygens (including phenoxy) is 1. The van der Waals surface area contributed by atoms with Gasteiger partial charge in [0.1, 0.15) is 5.75 Å². The Kier molecular flexibility index (Phi) is 5.28. The van der Waals surface area contributed by atoms with Gasteiger partial charge in [0.2, 0.25) is 5.91 Å². The number of anilines is 1. The van der Waals surface area contributed by atoms with Gasteiger partial charge in [0, 0.05) is 30.9 Å². The number of nitrogens with one attached hydrogen (secondary N) is 3. The van der Waals surface area contributed by atoms with Crippen LogP contribution in [-0.2, 0) is 23.3 Å². The Labute approximate surface area is 213 Å². The van der Waals surface area contributed by atoms with Gasteiger partial charge < -0.3 is 10.1 Å². The first kappa shape index (κ1) is 22.5. The molecule has 2 aliphatic carbocycles. The Balaban J connectivity index is 1.02. The molecular formula is C30H36N4O2. The molecule has 188 valence electrons. The third-order valence-corrected chi connectivity index (χ3v) is 9.75. The van der Waals surface area contributed by atoms with E-state index in [2.05, 4.69) is 64.4 Å². The number of methoxy groups -OCH3 is 1. The van der Waals surface area contributed by atoms with Crippen LogP contribution >= 0.6 is 0 Å². The number of hydrazine groups is 1. The van der Waals surface area contributed by atoms with Gasteiger partial charge in [-0.05, 0) is 90.4 Å². The van der Waals surface area contributed by atoms with E-state index in [0.29, 0.717) is 29.8 Å². The number of benzene rings is 2. The maximum absolute atomic E-state index is 13.1. The van der Waals surface area contributed by atoms with Gasteiger partial charge in [0.05, 0.1) is 12.5 Å². The van der Waals surface area contributed by atoms with Crippen LogP contribution in [0, 0.1) is 17.8 Å². The molecule has 6 heteroatoms. The Hall–Kier alpha value is -2.67. The minimum atomic E-state index is -0.340. The van der Waals surface area contributed by atoms with Crippen molar-refractivity contribution in [3.05, 3.63) is 64.7 Å². The third-order valence-electron chi connectivity index (χ3n) is 9.75. The minimum absolute atomic E-state index is 0.188. The van der Waals surface area contributed by atoms with Crippen LogP contribution in [-0.4, -0.2) is 36.5 Å². The van der Waals surface area contributed by atoms with E-state index in [1.807, 2.05) is 12.1 Å². The molecule has 36 heavy (non-hydrogen) atoms. The van der Waals surface area contributed by atoms with E-state index in [9.17, 15) is 4.79 Å². The van der Waals surface area contributed by atoms with Crippen LogP contribution in [0.4, 0.5) is 5.69 Å². The summed E-state index contributed by atoms with van der Waals surface area (Å²) in [7, 11) is 1.69. The number of amides is 1. The maximum atomic E-state index is 13.1. The molecule has 3 aliphatic heterocycles. The van der Waals surface area contributed by atoms with Gasteiger partial charge in [-0.25, -0.2) is 0 Å². The molecule has 3 heterocycles. The number of rotatable bonds is 5. The summed E-state index contributed by atoms with van der Waals surface area (Å²) in [4.78, 5) is 15.6. The summed E-state index contributed by atoms with van der Waals surface area (Å²) >= 11 is 0. The summed E-state index contributed by atoms with van der Waals surface area (Å²) in [5.41, 5.74) is 13.2. The van der Waals surface area contributed by atoms with Crippen molar-refractivity contribution in [1.82, 2.24) is 15.8 Å². The van der Waals surface area contributed by atoms with E-state index in [-0.39, 0.29) is 11.3 Å². The Morgan fingerprint density at radius 1 is 1.11 bits per heavy atom. The number of fused-ring (bicyclic) bond motifs is 4. The van der Waals surface area contributed by atoms with Crippen molar-refractivity contribution in [1.29, 1.82) is 0 Å². The van der Waals surface area contributed by atoms with Crippen molar-refractivity contribution in [3.63, 3.8) is 0 Å². The largest absolute Gasteiger partial charge is 0.497 e. The zero-order valence-corrected chi connectivity index (χ0v) is 21.2. The monoisotopic (exact) mass is 484 g/mol. The lowest BCUT2D eigenvalue weighted by atomic mass is 9.73. The molecule has 2 saturated carbocycles. The van der Waals surface area contributed by atoms with Crippen LogP contribution in [0.2, 0.25) is 0 Å². The number of carbonyl (C=O) groups is 1. The van der Waals surface area contributed by atoms with Gasteiger partial charge in [0.25, 0.3) is 0 Å². The highest BCUT2D eigenvalue weighted by atomic mass is 16.5. The lowest BCUT2D eigenvalue weighted by molar-refractivity contribution is -0.118. The van der Waals surface area contributed by atoms with E-state index in [0.717, 1.165) is 49.5 Å². The second-order valence-electron chi connectivity index (χ2n) is 11.5. The van der Waals surface area contributed by atoms with Gasteiger partial charge in [-0.15, -0.1) is 0 Å². The number of carbonyl (C=O) groups excluding carboxylic acids is 1. The van der Waals surface area contributed by atoms with E-state index in [4.69, 9.17) is 4.74 Å². The maximum Gasteiger partial charge on any atom is 0.235 e. The smallest absolute Gasteiger partial charge is 0.235 e. The van der Waals surface area contributed by atoms with Crippen LogP contribution in [0.3, 0.4) is 0 Å². The van der Waals surface area contributed by atoms with E-state index < -0.39 is 0 Å². The van der Waals surface area contributed by atoms with Gasteiger partial charge >= 0.3 is 0 Å². The molecule has 3 N–H and O–H groups in total. The second kappa shape index (κ2) is 8.44. The van der Waals surface area contributed by atoms with Crippen LogP contribution in [0.15, 0.2) is 42.5 Å². The van der Waals surface area contributed by atoms with Crippen molar-refractivity contribution >= 4 is 17.7 Å². The molecular weight excluding hydrogens is 448 g/mol. The first-order chi connectivity index (χ1) is 17.6. The Morgan fingerprint density at radius 2 is 2.00 bits per heavy atom. The van der Waals surface area contributed by atoms with Crippen molar-refractivity contribution in [2.24, 2.45) is 17.8 Å². The van der Waals surface area contributed by atoms with Gasteiger partial charge in [-0.2, -0.15) is 0 Å². The lowest BCUT2D eigenvalue weighted by Gasteiger charge is -2.33. The summed E-state index contributed by atoms with van der Waals surface area (Å²) < 4.78 is 5.47. The molecule has 4 unspecified atom stereocenters. The second-order valence-corrected chi connectivity index (χ2v) is 11.5. The van der Waals surface area contributed by atoms with E-state index in [1.165, 1.54) is 29.5 Å². The minimum Gasteiger partial charge on any atom is -0.497 e. The van der Waals surface area contributed by atoms with Crippen molar-refractivity contribution < 1.29 is 9.53 Å². The molecule has 0 radical (unpaired) electrons. The predicted octanol–water partition coefficient (Wildman–Crippen LogP) is 4.22. The molecule has 1 amide bonds. The molecule has 0 aromatic heterocycles. The molecule has 2 aromatic carbocycles. The van der Waals surface area contributed by atoms with Crippen molar-refractivity contribution in [2.45, 2.75) is 63.2 Å². The first-order valence-electron chi connectivity index (χ1n) is 13.6. The molecule has 0 bridgehead atoms. The lowest BCUT2D eigenvalue weighted by Crippen LogP contribution is -2.37. The summed E-state index contributed by atoms with van der Waals surface area (Å²) in [5, 5.41) is 3.14. The summed E-state index contributed by atoms with van der Waals surface area (Å²) in [6.07, 6.45) is 9.14. The fourth-order valence-corrected chi connectivity index (χ4v) is 7.63. The average Bonchev–Trinajstić information content (AvgIpc) is 3.18. The van der Waals surface area contributed by atoms with Crippen LogP contribution < -0.4 is 20.9 Å². The summed E-state index contributed by atoms with van der Waals surface area (Å²) in [6, 6.07) is 13.7. The topological polar surface area (TPSA) is 65.6 Å². The highest BCUT2D eigenvalue weighted by molar-refractivity contribution is 6.09. The predicted molar refractivity (Wildman–Crippen MR) is 141 cm³/mol. The Bertz CT molecular complexity index is 1240. The highest BCUT2D eigenvalue weighted by Crippen LogP contribution is 2.65. The Morgan fingerprint density at radius 3 is 2.86 bits per heavy atom. The number of nitrogens with zero attached hydrogens (tertiary/aromatic N) is 1. The molecule has 5 aliphatic rings. The normalized spacial score (nSPS) is 34.6. The SMILES string of the molecule is CCN1Cc2ccc(/C=C/C3NNC4CC([C@@H]5C[C@@]56C(=O)Nc5ccc(OC)cc56)CCC34)cc2C1. The van der Waals surface area contributed by atoms with Crippen molar-refractivity contribution in [2.75, 3.05) is 19.0 Å². The third kappa shape index (κ3) is 3.46. The van der Waals surface area contributed by atoms with Gasteiger partial charge in [-0.3, -0.25) is 20.5 Å². The summed E-state index contributed by atoms with van der Waals surface area (Å²) in [5.74, 6) is 2.62. The fourth-order valence-electron chi connectivity index (χ4n) is 7.63. The quantitative estimate of drug-likeness (QED) is 0.593. The molecule has 6 atom stereocenters. The van der Waals surface area contributed by atoms with E-state index in [1.54, 1.807) is 7.11 Å². The standard InChI is InChI=1S/C30H36N4O2/c1-3-34-16-20-6-4-18(12-21(20)17-34)5-10-26-23-9-7-19(13-28(23)33-32-26)25-15-30(25)24-14-22(36-2)8-11-27(24)31-29(30)35/h4-6,8,10-12,14,19,23,25-26,28,32-33H,3,7,9,13,15-17H2,1-2H3,(H,31,35)/b10-5+/t19?,23?,25-,26?,28?,30-/m0/s1. The molecule has 1 spiro atoms. The zero-order chi connectivity index (χ0) is 24.4. The van der Waals surface area contributed by atoms with Gasteiger partial charge in [0.15, 0.2) is 0 Å². The van der Waals surface area contributed by atoms with Crippen LogP contribution in [0.5, 0.6) is 5.75 Å². The fraction of sp³-hybridized carbons (Fsp3) is 0.500. The molecule has 7 rings (SSSR count). The van der Waals surface area contributed by atoms with Gasteiger partial charge in [-0.1, -0.05) is 37.3 Å². The zero-order valence-electron chi connectivity index (χ0n) is 21.2. The van der Waals surface area contributed by atoms with E-state index >= 15 is 0 Å².